The average molecular weight is 353 g/mol. The highest BCUT2D eigenvalue weighted by molar-refractivity contribution is 5.94. The highest BCUT2D eigenvalue weighted by Gasteiger charge is 2.14. The molecule has 0 aliphatic heterocycles. The van der Waals surface area contributed by atoms with E-state index in [1.807, 2.05) is 30.3 Å². The van der Waals surface area contributed by atoms with Crippen LogP contribution in [-0.2, 0) is 6.42 Å². The Morgan fingerprint density at radius 3 is 2.81 bits per heavy atom. The van der Waals surface area contributed by atoms with E-state index in [9.17, 15) is 4.79 Å². The second-order valence-corrected chi connectivity index (χ2v) is 6.73. The van der Waals surface area contributed by atoms with Crippen LogP contribution >= 0.6 is 0 Å². The molecule has 1 aliphatic carbocycles. The molecule has 5 nitrogen and oxygen atoms in total. The van der Waals surface area contributed by atoms with Crippen molar-refractivity contribution in [3.63, 3.8) is 0 Å². The molecule has 1 aromatic carbocycles. The third kappa shape index (κ3) is 4.97. The summed E-state index contributed by atoms with van der Waals surface area (Å²) < 4.78 is 5.35. The number of carbonyl (C=O) groups is 1. The second kappa shape index (κ2) is 9.22. The summed E-state index contributed by atoms with van der Waals surface area (Å²) >= 11 is 0. The summed E-state index contributed by atoms with van der Waals surface area (Å²) in [6.07, 6.45) is 8.63. The van der Waals surface area contributed by atoms with Gasteiger partial charge in [0.05, 0.1) is 7.11 Å². The molecule has 0 radical (unpaired) electrons. The molecule has 0 spiro atoms. The molecule has 26 heavy (non-hydrogen) atoms. The number of anilines is 1. The number of hydrogen-bond donors (Lipinski definition) is 2. The van der Waals surface area contributed by atoms with E-state index < -0.39 is 0 Å². The lowest BCUT2D eigenvalue weighted by Crippen LogP contribution is -2.26. The first-order valence-electron chi connectivity index (χ1n) is 9.39. The fraction of sp³-hybridized carbons (Fsp3) is 0.429. The van der Waals surface area contributed by atoms with E-state index in [1.54, 1.807) is 19.4 Å². The number of pyridine rings is 1. The Hall–Kier alpha value is -2.56. The maximum atomic E-state index is 12.4. The molecular formula is C21H27N3O2. The molecule has 1 aromatic heterocycles. The Balaban J connectivity index is 1.53. The Morgan fingerprint density at radius 2 is 2.00 bits per heavy atom. The minimum absolute atomic E-state index is 0.0750. The van der Waals surface area contributed by atoms with Gasteiger partial charge < -0.3 is 15.4 Å². The van der Waals surface area contributed by atoms with Gasteiger partial charge >= 0.3 is 0 Å². The number of amides is 1. The largest absolute Gasteiger partial charge is 0.496 e. The first-order valence-corrected chi connectivity index (χ1v) is 9.39. The van der Waals surface area contributed by atoms with Crippen molar-refractivity contribution in [2.75, 3.05) is 19.0 Å². The van der Waals surface area contributed by atoms with Crippen LogP contribution in [0.4, 0.5) is 5.82 Å². The molecule has 1 saturated carbocycles. The van der Waals surface area contributed by atoms with Gasteiger partial charge in [-0.3, -0.25) is 4.79 Å². The van der Waals surface area contributed by atoms with E-state index in [1.165, 1.54) is 32.1 Å². The zero-order valence-corrected chi connectivity index (χ0v) is 15.3. The molecule has 1 amide bonds. The fourth-order valence-electron chi connectivity index (χ4n) is 3.43. The van der Waals surface area contributed by atoms with Gasteiger partial charge in [-0.1, -0.05) is 37.5 Å². The maximum Gasteiger partial charge on any atom is 0.251 e. The topological polar surface area (TPSA) is 63.2 Å². The maximum absolute atomic E-state index is 12.4. The number of nitrogens with one attached hydrogen (secondary N) is 2. The number of methoxy groups -OCH3 is 1. The van der Waals surface area contributed by atoms with Gasteiger partial charge in [-0.15, -0.1) is 0 Å². The molecule has 0 atom stereocenters. The van der Waals surface area contributed by atoms with E-state index in [4.69, 9.17) is 4.74 Å². The summed E-state index contributed by atoms with van der Waals surface area (Å²) in [6, 6.07) is 11.9. The lowest BCUT2D eigenvalue weighted by molar-refractivity contribution is 0.0954. The summed E-state index contributed by atoms with van der Waals surface area (Å²) in [5.74, 6) is 1.56. The van der Waals surface area contributed by atoms with Gasteiger partial charge in [-0.25, -0.2) is 4.98 Å². The Bertz CT molecular complexity index is 727. The van der Waals surface area contributed by atoms with Crippen molar-refractivity contribution in [1.82, 2.24) is 10.3 Å². The number of aromatic nitrogens is 1. The van der Waals surface area contributed by atoms with Crippen molar-refractivity contribution >= 4 is 11.7 Å². The zero-order valence-electron chi connectivity index (χ0n) is 15.3. The molecule has 1 aliphatic rings. The third-order valence-electron chi connectivity index (χ3n) is 4.85. The van der Waals surface area contributed by atoms with Crippen molar-refractivity contribution in [1.29, 1.82) is 0 Å². The van der Waals surface area contributed by atoms with E-state index in [0.717, 1.165) is 23.6 Å². The summed E-state index contributed by atoms with van der Waals surface area (Å²) in [5.41, 5.74) is 1.73. The van der Waals surface area contributed by atoms with Crippen molar-refractivity contribution in [2.45, 2.75) is 44.6 Å². The number of para-hydroxylation sites is 1. The summed E-state index contributed by atoms with van der Waals surface area (Å²) in [6.45, 7) is 0.562. The average Bonchev–Trinajstić information content (AvgIpc) is 2.69. The van der Waals surface area contributed by atoms with Crippen molar-refractivity contribution < 1.29 is 9.53 Å². The van der Waals surface area contributed by atoms with Crippen LogP contribution in [-0.4, -0.2) is 30.6 Å². The summed E-state index contributed by atoms with van der Waals surface area (Å²) in [7, 11) is 1.66. The van der Waals surface area contributed by atoms with Crippen molar-refractivity contribution in [2.24, 2.45) is 0 Å². The van der Waals surface area contributed by atoms with Gasteiger partial charge in [0, 0.05) is 24.3 Å². The Kier molecular flexibility index (Phi) is 6.47. The molecule has 2 N–H and O–H groups in total. The fourth-order valence-corrected chi connectivity index (χ4v) is 3.43. The van der Waals surface area contributed by atoms with Gasteiger partial charge in [-0.05, 0) is 43.0 Å². The van der Waals surface area contributed by atoms with Crippen molar-refractivity contribution in [3.8, 4) is 5.75 Å². The zero-order chi connectivity index (χ0) is 18.2. The highest BCUT2D eigenvalue weighted by Crippen LogP contribution is 2.21. The standard InChI is InChI=1S/C21H27N3O2/c1-26-19-10-6-5-7-16(19)11-14-23-21(25)17-12-13-22-20(15-17)24-18-8-3-2-4-9-18/h5-7,10,12-13,15,18H,2-4,8-9,11,14H2,1H3,(H,22,24)(H,23,25). The molecule has 1 fully saturated rings. The molecule has 2 aromatic rings. The predicted molar refractivity (Wildman–Crippen MR) is 104 cm³/mol. The van der Waals surface area contributed by atoms with E-state index in [0.29, 0.717) is 18.2 Å². The SMILES string of the molecule is COc1ccccc1CCNC(=O)c1ccnc(NC2CCCCC2)c1. The van der Waals surface area contributed by atoms with E-state index in [2.05, 4.69) is 15.6 Å². The Labute approximate surface area is 155 Å². The molecule has 0 saturated heterocycles. The number of ether oxygens (including phenoxy) is 1. The van der Waals surface area contributed by atoms with Crippen LogP contribution < -0.4 is 15.4 Å². The van der Waals surface area contributed by atoms with Gasteiger partial charge in [0.15, 0.2) is 0 Å². The van der Waals surface area contributed by atoms with Crippen LogP contribution in [0.25, 0.3) is 0 Å². The third-order valence-corrected chi connectivity index (χ3v) is 4.85. The monoisotopic (exact) mass is 353 g/mol. The number of rotatable bonds is 7. The van der Waals surface area contributed by atoms with E-state index >= 15 is 0 Å². The molecule has 1 heterocycles. The van der Waals surface area contributed by atoms with Crippen LogP contribution in [0.5, 0.6) is 5.75 Å². The van der Waals surface area contributed by atoms with Crippen LogP contribution in [0.15, 0.2) is 42.6 Å². The molecule has 5 heteroatoms. The normalized spacial score (nSPS) is 14.7. The molecule has 0 unspecified atom stereocenters. The number of hydrogen-bond acceptors (Lipinski definition) is 4. The minimum atomic E-state index is -0.0750. The molecular weight excluding hydrogens is 326 g/mol. The number of nitrogens with zero attached hydrogens (tertiary/aromatic N) is 1. The minimum Gasteiger partial charge on any atom is -0.496 e. The lowest BCUT2D eigenvalue weighted by Gasteiger charge is -2.23. The van der Waals surface area contributed by atoms with Crippen LogP contribution in [0.3, 0.4) is 0 Å². The highest BCUT2D eigenvalue weighted by atomic mass is 16.5. The number of carbonyl (C=O) groups excluding carboxylic acids is 1. The first kappa shape index (κ1) is 18.2. The summed E-state index contributed by atoms with van der Waals surface area (Å²) in [4.78, 5) is 16.8. The number of benzene rings is 1. The van der Waals surface area contributed by atoms with Gasteiger partial charge in [-0.2, -0.15) is 0 Å². The second-order valence-electron chi connectivity index (χ2n) is 6.73. The molecule has 138 valence electrons. The molecule has 3 rings (SSSR count). The van der Waals surface area contributed by atoms with Gasteiger partial charge in [0.25, 0.3) is 5.91 Å². The van der Waals surface area contributed by atoms with E-state index in [-0.39, 0.29) is 5.91 Å². The van der Waals surface area contributed by atoms with Gasteiger partial charge in [0.1, 0.15) is 11.6 Å². The van der Waals surface area contributed by atoms with Crippen LogP contribution in [0.2, 0.25) is 0 Å². The molecule has 0 bridgehead atoms. The Morgan fingerprint density at radius 1 is 1.19 bits per heavy atom. The quantitative estimate of drug-likeness (QED) is 0.794. The smallest absolute Gasteiger partial charge is 0.251 e. The first-order chi connectivity index (χ1) is 12.8. The van der Waals surface area contributed by atoms with Crippen molar-refractivity contribution in [3.05, 3.63) is 53.7 Å². The predicted octanol–water partition coefficient (Wildman–Crippen LogP) is 3.81. The van der Waals surface area contributed by atoms with Crippen LogP contribution in [0.1, 0.15) is 48.0 Å². The van der Waals surface area contributed by atoms with Crippen LogP contribution in [0, 0.1) is 0 Å². The van der Waals surface area contributed by atoms with Gasteiger partial charge in [0.2, 0.25) is 0 Å². The summed E-state index contributed by atoms with van der Waals surface area (Å²) in [5, 5.41) is 6.45. The lowest BCUT2D eigenvalue weighted by atomic mass is 9.95.